The molecule has 1 aromatic rings. The van der Waals surface area contributed by atoms with Gasteiger partial charge in [0.2, 0.25) is 5.91 Å². The maximum absolute atomic E-state index is 12.3. The lowest BCUT2D eigenvalue weighted by Gasteiger charge is -2.35. The van der Waals surface area contributed by atoms with Gasteiger partial charge in [-0.05, 0) is 43.4 Å². The highest BCUT2D eigenvalue weighted by molar-refractivity contribution is 6.30. The zero-order chi connectivity index (χ0) is 17.9. The Kier molecular flexibility index (Phi) is 5.63. The van der Waals surface area contributed by atoms with Crippen LogP contribution in [0, 0.1) is 17.2 Å². The summed E-state index contributed by atoms with van der Waals surface area (Å²) in [6.45, 7) is 6.67. The van der Waals surface area contributed by atoms with Gasteiger partial charge in [-0.3, -0.25) is 14.6 Å². The monoisotopic (exact) mass is 360 g/mol. The Morgan fingerprint density at radius 3 is 2.60 bits per heavy atom. The van der Waals surface area contributed by atoms with Crippen LogP contribution in [0.2, 0.25) is 5.02 Å². The number of nitrogens with one attached hydrogen (secondary N) is 1. The van der Waals surface area contributed by atoms with Crippen molar-refractivity contribution in [2.45, 2.75) is 31.8 Å². The number of nitriles is 1. The zero-order valence-corrected chi connectivity index (χ0v) is 15.4. The molecule has 134 valence electrons. The topological polar surface area (TPSA) is 59.4 Å². The lowest BCUT2D eigenvalue weighted by atomic mass is 9.98. The Labute approximate surface area is 154 Å². The summed E-state index contributed by atoms with van der Waals surface area (Å²) in [5.74, 6) is 0.273. The summed E-state index contributed by atoms with van der Waals surface area (Å²) in [6, 6.07) is 10.2. The molecule has 0 unspecified atom stereocenters. The molecule has 1 atom stereocenters. The van der Waals surface area contributed by atoms with Crippen LogP contribution in [0.4, 0.5) is 0 Å². The SMILES string of the molecule is C[C@@](C#N)(NC(=O)CN1CCN(Cc2cccc(Cl)c2)CC1)C1CC1. The van der Waals surface area contributed by atoms with Gasteiger partial charge in [-0.25, -0.2) is 0 Å². The summed E-state index contributed by atoms with van der Waals surface area (Å²) >= 11 is 6.04. The van der Waals surface area contributed by atoms with Crippen LogP contribution in [0.15, 0.2) is 24.3 Å². The fraction of sp³-hybridized carbons (Fsp3) is 0.579. The minimum atomic E-state index is -0.703. The van der Waals surface area contributed by atoms with Gasteiger partial charge in [0.05, 0.1) is 12.6 Å². The second-order valence-corrected chi connectivity index (χ2v) is 7.76. The van der Waals surface area contributed by atoms with Crippen LogP contribution in [0.25, 0.3) is 0 Å². The first-order valence-electron chi connectivity index (χ1n) is 8.90. The standard InChI is InChI=1S/C19H25ClN4O/c1-19(14-21,16-5-6-16)22-18(25)13-24-9-7-23(8-10-24)12-15-3-2-4-17(20)11-15/h2-4,11,16H,5-10,12-13H2,1H3,(H,22,25)/t19-/m0/s1. The zero-order valence-electron chi connectivity index (χ0n) is 14.7. The molecule has 1 aliphatic carbocycles. The second kappa shape index (κ2) is 7.74. The molecular weight excluding hydrogens is 336 g/mol. The normalized spacial score (nSPS) is 21.3. The van der Waals surface area contributed by atoms with E-state index in [0.717, 1.165) is 50.6 Å². The van der Waals surface area contributed by atoms with Crippen LogP contribution in [0.3, 0.4) is 0 Å². The van der Waals surface area contributed by atoms with Crippen LogP contribution in [-0.2, 0) is 11.3 Å². The number of carbonyl (C=O) groups excluding carboxylic acids is 1. The van der Waals surface area contributed by atoms with E-state index in [-0.39, 0.29) is 5.91 Å². The maximum atomic E-state index is 12.3. The summed E-state index contributed by atoms with van der Waals surface area (Å²) < 4.78 is 0. The molecule has 1 aliphatic heterocycles. The molecule has 0 radical (unpaired) electrons. The molecule has 5 nitrogen and oxygen atoms in total. The first-order valence-corrected chi connectivity index (χ1v) is 9.28. The van der Waals surface area contributed by atoms with E-state index in [2.05, 4.69) is 27.3 Å². The fourth-order valence-corrected chi connectivity index (χ4v) is 3.63. The molecule has 0 aromatic heterocycles. The summed E-state index contributed by atoms with van der Waals surface area (Å²) in [4.78, 5) is 16.8. The molecule has 1 heterocycles. The van der Waals surface area contributed by atoms with E-state index in [1.165, 1.54) is 5.56 Å². The van der Waals surface area contributed by atoms with Crippen molar-refractivity contribution in [1.29, 1.82) is 5.26 Å². The number of carbonyl (C=O) groups is 1. The number of amides is 1. The molecule has 0 spiro atoms. The Hall–Kier alpha value is -1.61. The highest BCUT2D eigenvalue weighted by Gasteiger charge is 2.43. The number of rotatable bonds is 6. The van der Waals surface area contributed by atoms with Crippen molar-refractivity contribution in [3.8, 4) is 6.07 Å². The lowest BCUT2D eigenvalue weighted by molar-refractivity contribution is -0.124. The van der Waals surface area contributed by atoms with Crippen LogP contribution >= 0.6 is 11.6 Å². The number of hydrogen-bond donors (Lipinski definition) is 1. The predicted molar refractivity (Wildman–Crippen MR) is 98.1 cm³/mol. The molecule has 2 aliphatic rings. The van der Waals surface area contributed by atoms with E-state index in [9.17, 15) is 10.1 Å². The van der Waals surface area contributed by atoms with Crippen molar-refractivity contribution in [2.75, 3.05) is 32.7 Å². The molecule has 25 heavy (non-hydrogen) atoms. The molecule has 2 fully saturated rings. The minimum Gasteiger partial charge on any atom is -0.337 e. The smallest absolute Gasteiger partial charge is 0.235 e. The van der Waals surface area contributed by atoms with Gasteiger partial charge < -0.3 is 5.32 Å². The van der Waals surface area contributed by atoms with E-state index < -0.39 is 5.54 Å². The molecule has 3 rings (SSSR count). The van der Waals surface area contributed by atoms with Crippen LogP contribution in [-0.4, -0.2) is 54.0 Å². The number of nitrogens with zero attached hydrogens (tertiary/aromatic N) is 3. The average molecular weight is 361 g/mol. The highest BCUT2D eigenvalue weighted by atomic mass is 35.5. The van der Waals surface area contributed by atoms with Crippen molar-refractivity contribution in [1.82, 2.24) is 15.1 Å². The predicted octanol–water partition coefficient (Wildman–Crippen LogP) is 2.27. The van der Waals surface area contributed by atoms with Crippen molar-refractivity contribution < 1.29 is 4.79 Å². The van der Waals surface area contributed by atoms with E-state index in [0.29, 0.717) is 12.5 Å². The maximum Gasteiger partial charge on any atom is 0.235 e. The Morgan fingerprint density at radius 2 is 2.00 bits per heavy atom. The van der Waals surface area contributed by atoms with Crippen LogP contribution in [0.5, 0.6) is 0 Å². The lowest BCUT2D eigenvalue weighted by Crippen LogP contribution is -2.53. The fourth-order valence-electron chi connectivity index (χ4n) is 3.41. The van der Waals surface area contributed by atoms with Crippen LogP contribution < -0.4 is 5.32 Å². The van der Waals surface area contributed by atoms with Crippen molar-refractivity contribution in [2.24, 2.45) is 5.92 Å². The van der Waals surface area contributed by atoms with Gasteiger partial charge in [0.15, 0.2) is 0 Å². The summed E-state index contributed by atoms with van der Waals surface area (Å²) in [5, 5.41) is 13.1. The molecule has 0 bridgehead atoms. The van der Waals surface area contributed by atoms with Gasteiger partial charge >= 0.3 is 0 Å². The van der Waals surface area contributed by atoms with E-state index in [4.69, 9.17) is 11.6 Å². The Balaban J connectivity index is 1.43. The summed E-state index contributed by atoms with van der Waals surface area (Å²) in [7, 11) is 0. The molecule has 1 aromatic carbocycles. The van der Waals surface area contributed by atoms with Crippen molar-refractivity contribution in [3.05, 3.63) is 34.9 Å². The molecular formula is C19H25ClN4O. The third-order valence-electron chi connectivity index (χ3n) is 5.15. The van der Waals surface area contributed by atoms with Crippen molar-refractivity contribution >= 4 is 17.5 Å². The largest absolute Gasteiger partial charge is 0.337 e. The van der Waals surface area contributed by atoms with E-state index in [1.807, 2.05) is 25.1 Å². The minimum absolute atomic E-state index is 0.0424. The first kappa shape index (κ1) is 18.2. The van der Waals surface area contributed by atoms with Gasteiger partial charge in [-0.1, -0.05) is 23.7 Å². The van der Waals surface area contributed by atoms with Gasteiger partial charge in [0, 0.05) is 37.7 Å². The van der Waals surface area contributed by atoms with Gasteiger partial charge in [0.25, 0.3) is 0 Å². The number of halogens is 1. The third kappa shape index (κ3) is 4.94. The molecule has 6 heteroatoms. The van der Waals surface area contributed by atoms with E-state index in [1.54, 1.807) is 0 Å². The summed E-state index contributed by atoms with van der Waals surface area (Å²) in [6.07, 6.45) is 2.07. The molecule has 1 N–H and O–H groups in total. The first-order chi connectivity index (χ1) is 12.0. The number of piperazine rings is 1. The molecule has 1 saturated carbocycles. The van der Waals surface area contributed by atoms with Gasteiger partial charge in [-0.2, -0.15) is 5.26 Å². The third-order valence-corrected chi connectivity index (χ3v) is 5.39. The summed E-state index contributed by atoms with van der Waals surface area (Å²) in [5.41, 5.74) is 0.513. The Morgan fingerprint density at radius 1 is 1.32 bits per heavy atom. The van der Waals surface area contributed by atoms with Crippen molar-refractivity contribution in [3.63, 3.8) is 0 Å². The quantitative estimate of drug-likeness (QED) is 0.845. The van der Waals surface area contributed by atoms with E-state index >= 15 is 0 Å². The Bertz CT molecular complexity index is 662. The molecule has 1 amide bonds. The van der Waals surface area contributed by atoms with Gasteiger partial charge in [0.1, 0.15) is 5.54 Å². The molecule has 1 saturated heterocycles. The van der Waals surface area contributed by atoms with Crippen LogP contribution in [0.1, 0.15) is 25.3 Å². The number of hydrogen-bond acceptors (Lipinski definition) is 4. The second-order valence-electron chi connectivity index (χ2n) is 7.32. The number of benzene rings is 1. The highest BCUT2D eigenvalue weighted by Crippen LogP contribution is 2.39. The average Bonchev–Trinajstić information content (AvgIpc) is 3.42. The van der Waals surface area contributed by atoms with Gasteiger partial charge in [-0.15, -0.1) is 0 Å².